The van der Waals surface area contributed by atoms with E-state index >= 15 is 0 Å². The zero-order chi connectivity index (χ0) is 17.8. The molecule has 1 N–H and O–H groups in total. The molecule has 0 saturated heterocycles. The number of nitrogens with zero attached hydrogens (tertiary/aromatic N) is 1. The van der Waals surface area contributed by atoms with Crippen LogP contribution in [0.4, 0.5) is 5.69 Å². The Bertz CT molecular complexity index is 814. The summed E-state index contributed by atoms with van der Waals surface area (Å²) in [6, 6.07) is 13.4. The number of ether oxygens (including phenoxy) is 2. The monoisotopic (exact) mass is 338 g/mol. The van der Waals surface area contributed by atoms with Gasteiger partial charge >= 0.3 is 0 Å². The number of para-hydroxylation sites is 1. The van der Waals surface area contributed by atoms with E-state index in [1.807, 2.05) is 37.3 Å². The second-order valence-electron chi connectivity index (χ2n) is 6.03. The Balaban J connectivity index is 1.82. The SMILES string of the molecule is COCCC1C(NC(=O)c2ccc(C)c(OC)c2)=Nc2ccccc21. The van der Waals surface area contributed by atoms with Gasteiger partial charge in [-0.1, -0.05) is 24.3 Å². The van der Waals surface area contributed by atoms with E-state index in [0.717, 1.165) is 23.2 Å². The summed E-state index contributed by atoms with van der Waals surface area (Å²) in [4.78, 5) is 17.3. The molecule has 5 heteroatoms. The van der Waals surface area contributed by atoms with Gasteiger partial charge in [0.15, 0.2) is 0 Å². The Hall–Kier alpha value is -2.66. The molecule has 1 unspecified atom stereocenters. The van der Waals surface area contributed by atoms with Gasteiger partial charge in [-0.15, -0.1) is 0 Å². The fourth-order valence-corrected chi connectivity index (χ4v) is 3.03. The van der Waals surface area contributed by atoms with Crippen molar-refractivity contribution in [3.05, 3.63) is 59.2 Å². The highest BCUT2D eigenvalue weighted by Crippen LogP contribution is 2.36. The van der Waals surface area contributed by atoms with Crippen LogP contribution in [0.2, 0.25) is 0 Å². The van der Waals surface area contributed by atoms with Crippen LogP contribution in [0, 0.1) is 6.92 Å². The average molecular weight is 338 g/mol. The quantitative estimate of drug-likeness (QED) is 0.906. The predicted octanol–water partition coefficient (Wildman–Crippen LogP) is 3.60. The van der Waals surface area contributed by atoms with Crippen LogP contribution < -0.4 is 10.1 Å². The molecule has 0 fully saturated rings. The maximum atomic E-state index is 12.7. The van der Waals surface area contributed by atoms with E-state index in [1.54, 1.807) is 26.4 Å². The molecule has 2 aromatic carbocycles. The lowest BCUT2D eigenvalue weighted by molar-refractivity contribution is 0.0975. The van der Waals surface area contributed by atoms with Crippen LogP contribution in [-0.4, -0.2) is 32.6 Å². The van der Waals surface area contributed by atoms with Gasteiger partial charge in [0.2, 0.25) is 0 Å². The molecular weight excluding hydrogens is 316 g/mol. The van der Waals surface area contributed by atoms with Crippen LogP contribution in [0.15, 0.2) is 47.5 Å². The zero-order valence-electron chi connectivity index (χ0n) is 14.7. The Labute approximate surface area is 147 Å². The summed E-state index contributed by atoms with van der Waals surface area (Å²) in [6.07, 6.45) is 0.768. The van der Waals surface area contributed by atoms with Crippen LogP contribution in [0.3, 0.4) is 0 Å². The number of carbonyl (C=O) groups excluding carboxylic acids is 1. The molecular formula is C20H22N2O3. The highest BCUT2D eigenvalue weighted by Gasteiger charge is 2.28. The number of aliphatic imine (C=N–C) groups is 1. The number of hydrogen-bond donors (Lipinski definition) is 1. The fraction of sp³-hybridized carbons (Fsp3) is 0.300. The van der Waals surface area contributed by atoms with Crippen molar-refractivity contribution in [2.75, 3.05) is 20.8 Å². The second-order valence-corrected chi connectivity index (χ2v) is 6.03. The largest absolute Gasteiger partial charge is 0.496 e. The fourth-order valence-electron chi connectivity index (χ4n) is 3.03. The number of aryl methyl sites for hydroxylation is 1. The van der Waals surface area contributed by atoms with Crippen molar-refractivity contribution < 1.29 is 14.3 Å². The van der Waals surface area contributed by atoms with Gasteiger partial charge in [0.1, 0.15) is 11.6 Å². The number of benzene rings is 2. The smallest absolute Gasteiger partial charge is 0.256 e. The Morgan fingerprint density at radius 1 is 1.20 bits per heavy atom. The van der Waals surface area contributed by atoms with E-state index < -0.39 is 0 Å². The summed E-state index contributed by atoms with van der Waals surface area (Å²) in [7, 11) is 3.28. The molecule has 0 aliphatic carbocycles. The topological polar surface area (TPSA) is 59.9 Å². The highest BCUT2D eigenvalue weighted by molar-refractivity contribution is 6.11. The van der Waals surface area contributed by atoms with Crippen LogP contribution >= 0.6 is 0 Å². The van der Waals surface area contributed by atoms with Crippen molar-refractivity contribution in [2.24, 2.45) is 4.99 Å². The minimum atomic E-state index is -0.188. The van der Waals surface area contributed by atoms with Crippen molar-refractivity contribution in [2.45, 2.75) is 19.3 Å². The zero-order valence-corrected chi connectivity index (χ0v) is 14.7. The summed E-state index contributed by atoms with van der Waals surface area (Å²) in [5.41, 5.74) is 3.56. The number of amidine groups is 1. The van der Waals surface area contributed by atoms with Crippen molar-refractivity contribution in [1.82, 2.24) is 5.32 Å². The number of hydrogen-bond acceptors (Lipinski definition) is 4. The van der Waals surface area contributed by atoms with Crippen molar-refractivity contribution in [3.8, 4) is 5.75 Å². The number of amides is 1. The average Bonchev–Trinajstić information content (AvgIpc) is 2.97. The van der Waals surface area contributed by atoms with E-state index in [-0.39, 0.29) is 11.8 Å². The first-order chi connectivity index (χ1) is 12.1. The van der Waals surface area contributed by atoms with Gasteiger partial charge in [-0.2, -0.15) is 0 Å². The van der Waals surface area contributed by atoms with E-state index in [1.165, 1.54) is 0 Å². The lowest BCUT2D eigenvalue weighted by Crippen LogP contribution is -2.33. The molecule has 0 saturated carbocycles. The molecule has 1 heterocycles. The Kier molecular flexibility index (Phi) is 5.14. The van der Waals surface area contributed by atoms with Crippen molar-refractivity contribution >= 4 is 17.4 Å². The molecule has 0 bridgehead atoms. The standard InChI is InChI=1S/C20H22N2O3/c1-13-8-9-14(12-18(13)25-3)20(23)22-19-16(10-11-24-2)15-6-4-5-7-17(15)21-19/h4-9,12,16H,10-11H2,1-3H3,(H,21,22,23). The lowest BCUT2D eigenvalue weighted by atomic mass is 9.96. The third-order valence-electron chi connectivity index (χ3n) is 4.41. The molecule has 0 spiro atoms. The second kappa shape index (κ2) is 7.49. The van der Waals surface area contributed by atoms with E-state index in [0.29, 0.717) is 23.8 Å². The first-order valence-electron chi connectivity index (χ1n) is 8.26. The number of rotatable bonds is 5. The summed E-state index contributed by atoms with van der Waals surface area (Å²) < 4.78 is 10.5. The number of methoxy groups -OCH3 is 2. The number of fused-ring (bicyclic) bond motifs is 1. The number of carbonyl (C=O) groups is 1. The first-order valence-corrected chi connectivity index (χ1v) is 8.26. The van der Waals surface area contributed by atoms with Gasteiger partial charge in [0, 0.05) is 25.2 Å². The minimum absolute atomic E-state index is 0.0347. The molecule has 130 valence electrons. The van der Waals surface area contributed by atoms with Crippen LogP contribution in [-0.2, 0) is 4.74 Å². The van der Waals surface area contributed by atoms with Gasteiger partial charge in [0.05, 0.1) is 12.8 Å². The molecule has 25 heavy (non-hydrogen) atoms. The summed E-state index contributed by atoms with van der Waals surface area (Å²) in [5.74, 6) is 1.21. The van der Waals surface area contributed by atoms with Crippen LogP contribution in [0.25, 0.3) is 0 Å². The van der Waals surface area contributed by atoms with Gasteiger partial charge in [0.25, 0.3) is 5.91 Å². The first kappa shape index (κ1) is 17.2. The van der Waals surface area contributed by atoms with Gasteiger partial charge in [-0.05, 0) is 42.7 Å². The van der Waals surface area contributed by atoms with E-state index in [2.05, 4.69) is 10.3 Å². The molecule has 1 amide bonds. The third kappa shape index (κ3) is 3.56. The predicted molar refractivity (Wildman–Crippen MR) is 98.0 cm³/mol. The molecule has 5 nitrogen and oxygen atoms in total. The molecule has 0 radical (unpaired) electrons. The van der Waals surface area contributed by atoms with E-state index in [4.69, 9.17) is 9.47 Å². The molecule has 2 aromatic rings. The normalized spacial score (nSPS) is 15.5. The number of nitrogens with one attached hydrogen (secondary N) is 1. The Morgan fingerprint density at radius 2 is 2.00 bits per heavy atom. The summed E-state index contributed by atoms with van der Waals surface area (Å²) >= 11 is 0. The maximum absolute atomic E-state index is 12.7. The lowest BCUT2D eigenvalue weighted by Gasteiger charge is -2.15. The molecule has 3 rings (SSSR count). The van der Waals surface area contributed by atoms with Crippen LogP contribution in [0.1, 0.15) is 33.8 Å². The third-order valence-corrected chi connectivity index (χ3v) is 4.41. The van der Waals surface area contributed by atoms with E-state index in [9.17, 15) is 4.79 Å². The van der Waals surface area contributed by atoms with Gasteiger partial charge in [-0.3, -0.25) is 4.79 Å². The van der Waals surface area contributed by atoms with Gasteiger partial charge < -0.3 is 14.8 Å². The molecule has 0 aromatic heterocycles. The highest BCUT2D eigenvalue weighted by atomic mass is 16.5. The molecule has 1 aliphatic heterocycles. The van der Waals surface area contributed by atoms with Crippen LogP contribution in [0.5, 0.6) is 5.75 Å². The molecule has 1 atom stereocenters. The minimum Gasteiger partial charge on any atom is -0.496 e. The van der Waals surface area contributed by atoms with Gasteiger partial charge in [-0.25, -0.2) is 4.99 Å². The Morgan fingerprint density at radius 3 is 2.76 bits per heavy atom. The maximum Gasteiger partial charge on any atom is 0.256 e. The summed E-state index contributed by atoms with van der Waals surface area (Å²) in [5, 5.41) is 2.97. The van der Waals surface area contributed by atoms with Crippen molar-refractivity contribution in [1.29, 1.82) is 0 Å². The summed E-state index contributed by atoms with van der Waals surface area (Å²) in [6.45, 7) is 2.55. The molecule has 1 aliphatic rings. The van der Waals surface area contributed by atoms with Crippen molar-refractivity contribution in [3.63, 3.8) is 0 Å².